The Labute approximate surface area is 335 Å². The highest BCUT2D eigenvalue weighted by Gasteiger charge is 2.28. The number of nitrogens with one attached hydrogen (secondary N) is 1. The lowest BCUT2D eigenvalue weighted by atomic mass is 10.00. The van der Waals surface area contributed by atoms with Gasteiger partial charge in [0.25, 0.3) is 0 Å². The summed E-state index contributed by atoms with van der Waals surface area (Å²) in [5.41, 5.74) is 0. The summed E-state index contributed by atoms with van der Waals surface area (Å²) in [6.07, 6.45) is 49.3. The van der Waals surface area contributed by atoms with Gasteiger partial charge >= 0.3 is 0 Å². The van der Waals surface area contributed by atoms with Crippen LogP contribution in [0.25, 0.3) is 0 Å². The van der Waals surface area contributed by atoms with Crippen LogP contribution in [-0.2, 0) is 4.79 Å². The van der Waals surface area contributed by atoms with Gasteiger partial charge in [-0.25, -0.2) is 0 Å². The van der Waals surface area contributed by atoms with E-state index in [0.29, 0.717) is 12.8 Å². The molecule has 0 radical (unpaired) electrons. The van der Waals surface area contributed by atoms with Gasteiger partial charge < -0.3 is 25.7 Å². The number of carbonyl (C=O) groups is 1. The number of carbonyl (C=O) groups excluding carboxylic acids is 1. The highest BCUT2D eigenvalue weighted by molar-refractivity contribution is 5.80. The number of rotatable bonds is 43. The monoisotopic (exact) mass is 764 g/mol. The quantitative estimate of drug-likeness (QED) is 0.0314. The van der Waals surface area contributed by atoms with E-state index >= 15 is 0 Å². The van der Waals surface area contributed by atoms with Crippen molar-refractivity contribution in [3.8, 4) is 0 Å². The molecule has 4 unspecified atom stereocenters. The first-order chi connectivity index (χ1) is 26.5. The maximum absolute atomic E-state index is 12.5. The molecule has 0 aliphatic rings. The molecule has 6 nitrogen and oxygen atoms in total. The minimum atomic E-state index is -1.28. The number of unbranched alkanes of at least 4 members (excludes halogenated alkanes) is 30. The van der Waals surface area contributed by atoms with Crippen molar-refractivity contribution >= 4 is 5.91 Å². The third kappa shape index (κ3) is 36.4. The molecule has 6 heteroatoms. The number of aliphatic hydroxyl groups excluding tert-OH is 4. The Balaban J connectivity index is 3.75. The van der Waals surface area contributed by atoms with Gasteiger partial charge in [0.05, 0.1) is 18.8 Å². The molecule has 54 heavy (non-hydrogen) atoms. The molecule has 0 aromatic heterocycles. The second kappa shape index (κ2) is 42.9. The largest absolute Gasteiger partial charge is 0.394 e. The van der Waals surface area contributed by atoms with Crippen molar-refractivity contribution in [2.45, 2.75) is 269 Å². The van der Waals surface area contributed by atoms with Gasteiger partial charge in [0.1, 0.15) is 12.2 Å². The fourth-order valence-electron chi connectivity index (χ4n) is 7.34. The van der Waals surface area contributed by atoms with E-state index in [0.717, 1.165) is 44.9 Å². The number of aliphatic hydroxyl groups is 4. The Hall–Kier alpha value is -1.21. The average Bonchev–Trinajstić information content (AvgIpc) is 3.18. The SMILES string of the molecule is CCCCCCCCCCCC/C=C\CCCCCCCCC(O)C(=O)NC(CO)C(O)C(O)CCC/C=C/CCCCCCCCCCCCCCC. The highest BCUT2D eigenvalue weighted by Crippen LogP contribution is 2.16. The van der Waals surface area contributed by atoms with E-state index in [1.807, 2.05) is 0 Å². The predicted octanol–water partition coefficient (Wildman–Crippen LogP) is 12.7. The van der Waals surface area contributed by atoms with E-state index in [9.17, 15) is 25.2 Å². The Kier molecular flexibility index (Phi) is 42.0. The van der Waals surface area contributed by atoms with Crippen LogP contribution in [0.15, 0.2) is 24.3 Å². The smallest absolute Gasteiger partial charge is 0.249 e. The van der Waals surface area contributed by atoms with Crippen molar-refractivity contribution in [1.82, 2.24) is 5.32 Å². The first-order valence-electron chi connectivity index (χ1n) is 23.7. The summed E-state index contributed by atoms with van der Waals surface area (Å²) in [6.45, 7) is 4.05. The van der Waals surface area contributed by atoms with Gasteiger partial charge in [-0.05, 0) is 64.2 Å². The third-order valence-electron chi connectivity index (χ3n) is 11.1. The van der Waals surface area contributed by atoms with E-state index in [-0.39, 0.29) is 0 Å². The maximum atomic E-state index is 12.5. The van der Waals surface area contributed by atoms with Crippen LogP contribution in [0, 0.1) is 0 Å². The molecule has 1 amide bonds. The molecule has 0 aliphatic carbocycles. The van der Waals surface area contributed by atoms with Crippen molar-refractivity contribution in [3.05, 3.63) is 24.3 Å². The zero-order valence-corrected chi connectivity index (χ0v) is 36.0. The Morgan fingerprint density at radius 2 is 0.759 bits per heavy atom. The van der Waals surface area contributed by atoms with Crippen LogP contribution < -0.4 is 5.32 Å². The summed E-state index contributed by atoms with van der Waals surface area (Å²) < 4.78 is 0. The molecule has 0 heterocycles. The highest BCUT2D eigenvalue weighted by atomic mass is 16.3. The summed E-state index contributed by atoms with van der Waals surface area (Å²) in [5, 5.41) is 43.7. The molecular formula is C48H93NO5. The Morgan fingerprint density at radius 3 is 1.11 bits per heavy atom. The lowest BCUT2D eigenvalue weighted by Crippen LogP contribution is -2.53. The summed E-state index contributed by atoms with van der Waals surface area (Å²) in [4.78, 5) is 12.5. The zero-order valence-electron chi connectivity index (χ0n) is 36.0. The van der Waals surface area contributed by atoms with E-state index in [2.05, 4.69) is 43.5 Å². The van der Waals surface area contributed by atoms with E-state index in [4.69, 9.17) is 0 Å². The molecule has 0 saturated heterocycles. The molecule has 0 aromatic rings. The van der Waals surface area contributed by atoms with Crippen LogP contribution in [-0.4, -0.2) is 57.3 Å². The molecular weight excluding hydrogens is 671 g/mol. The van der Waals surface area contributed by atoms with Crippen molar-refractivity contribution in [2.24, 2.45) is 0 Å². The Bertz CT molecular complexity index is 817. The van der Waals surface area contributed by atoms with Gasteiger partial charge in [-0.1, -0.05) is 205 Å². The standard InChI is InChI=1S/C48H93NO5/c1-3-5-7-9-11-13-15-17-19-21-23-24-26-28-30-32-34-36-38-40-42-46(52)48(54)49-44(43-50)47(53)45(51)41-39-37-35-33-31-29-27-25-22-20-18-16-14-12-10-8-6-4-2/h24,26,33,35,44-47,50-53H,3-23,25,27-32,34,36-43H2,1-2H3,(H,49,54)/b26-24-,35-33+. The normalized spacial score (nSPS) is 14.3. The molecule has 5 N–H and O–H groups in total. The topological polar surface area (TPSA) is 110 Å². The second-order valence-corrected chi connectivity index (χ2v) is 16.4. The number of amides is 1. The number of hydrogen-bond acceptors (Lipinski definition) is 5. The first kappa shape index (κ1) is 52.8. The molecule has 0 spiro atoms. The van der Waals surface area contributed by atoms with Gasteiger partial charge in [-0.2, -0.15) is 0 Å². The van der Waals surface area contributed by atoms with Crippen molar-refractivity contribution in [2.75, 3.05) is 6.61 Å². The van der Waals surface area contributed by atoms with E-state index in [1.54, 1.807) is 0 Å². The van der Waals surface area contributed by atoms with Crippen LogP contribution in [0.4, 0.5) is 0 Å². The second-order valence-electron chi connectivity index (χ2n) is 16.4. The molecule has 0 saturated carbocycles. The number of hydrogen-bond donors (Lipinski definition) is 5. The van der Waals surface area contributed by atoms with Crippen molar-refractivity contribution in [1.29, 1.82) is 0 Å². The minimum Gasteiger partial charge on any atom is -0.394 e. The minimum absolute atomic E-state index is 0.357. The van der Waals surface area contributed by atoms with Gasteiger partial charge in [0.2, 0.25) is 5.91 Å². The first-order valence-corrected chi connectivity index (χ1v) is 23.7. The van der Waals surface area contributed by atoms with Gasteiger partial charge in [-0.15, -0.1) is 0 Å². The van der Waals surface area contributed by atoms with Crippen LogP contribution in [0.2, 0.25) is 0 Å². The Morgan fingerprint density at radius 1 is 0.444 bits per heavy atom. The molecule has 4 atom stereocenters. The van der Waals surface area contributed by atoms with E-state index in [1.165, 1.54) is 173 Å². The summed E-state index contributed by atoms with van der Waals surface area (Å²) in [7, 11) is 0. The van der Waals surface area contributed by atoms with Crippen LogP contribution in [0.5, 0.6) is 0 Å². The fourth-order valence-corrected chi connectivity index (χ4v) is 7.34. The maximum Gasteiger partial charge on any atom is 0.249 e. The molecule has 0 fully saturated rings. The van der Waals surface area contributed by atoms with Crippen LogP contribution in [0.1, 0.15) is 245 Å². The summed E-state index contributed by atoms with van der Waals surface area (Å²) in [5.74, 6) is -0.596. The van der Waals surface area contributed by atoms with E-state index < -0.39 is 36.9 Å². The molecule has 0 bridgehead atoms. The third-order valence-corrected chi connectivity index (χ3v) is 11.1. The molecule has 0 aliphatic heterocycles. The van der Waals surface area contributed by atoms with Crippen molar-refractivity contribution < 1.29 is 25.2 Å². The van der Waals surface area contributed by atoms with Gasteiger partial charge in [0, 0.05) is 0 Å². The van der Waals surface area contributed by atoms with Gasteiger partial charge in [0.15, 0.2) is 0 Å². The number of allylic oxidation sites excluding steroid dienone is 4. The zero-order chi connectivity index (χ0) is 39.6. The van der Waals surface area contributed by atoms with Crippen LogP contribution in [0.3, 0.4) is 0 Å². The molecule has 0 aromatic carbocycles. The molecule has 0 rings (SSSR count). The summed E-state index contributed by atoms with van der Waals surface area (Å²) in [6, 6.07) is -1.00. The van der Waals surface area contributed by atoms with Crippen molar-refractivity contribution in [3.63, 3.8) is 0 Å². The summed E-state index contributed by atoms with van der Waals surface area (Å²) >= 11 is 0. The lowest BCUT2D eigenvalue weighted by Gasteiger charge is -2.27. The lowest BCUT2D eigenvalue weighted by molar-refractivity contribution is -0.132. The fraction of sp³-hybridized carbons (Fsp3) is 0.896. The molecule has 320 valence electrons. The predicted molar refractivity (Wildman–Crippen MR) is 233 cm³/mol. The average molecular weight is 764 g/mol. The van der Waals surface area contributed by atoms with Crippen LogP contribution >= 0.6 is 0 Å². The van der Waals surface area contributed by atoms with Gasteiger partial charge in [-0.3, -0.25) is 4.79 Å².